The molecule has 1 aliphatic rings. The van der Waals surface area contributed by atoms with Crippen molar-refractivity contribution in [1.29, 1.82) is 0 Å². The molecular formula is C11H12Cl2N2O4. The molecule has 0 spiro atoms. The maximum atomic E-state index is 12.3. The summed E-state index contributed by atoms with van der Waals surface area (Å²) in [6.45, 7) is 0.926. The van der Waals surface area contributed by atoms with Crippen molar-refractivity contribution in [3.63, 3.8) is 0 Å². The Bertz CT molecular complexity index is 483. The Morgan fingerprint density at radius 3 is 2.84 bits per heavy atom. The van der Waals surface area contributed by atoms with E-state index in [0.29, 0.717) is 13.2 Å². The standard InChI is InChI=1S/C11H12Cl2N2O4/c12-7-4-8(14-10(7)13)11(18)15-1-2-19-5-6(15)3-9(16)17/h4,6,14H,1-3,5H2,(H,16,17). The molecule has 104 valence electrons. The zero-order valence-corrected chi connectivity index (χ0v) is 11.4. The molecule has 1 saturated heterocycles. The van der Waals surface area contributed by atoms with E-state index >= 15 is 0 Å². The van der Waals surface area contributed by atoms with Crippen molar-refractivity contribution in [2.45, 2.75) is 12.5 Å². The number of amides is 1. The van der Waals surface area contributed by atoms with Gasteiger partial charge in [-0.15, -0.1) is 0 Å². The number of hydrogen-bond donors (Lipinski definition) is 2. The highest BCUT2D eigenvalue weighted by molar-refractivity contribution is 6.41. The number of rotatable bonds is 3. The molecule has 0 bridgehead atoms. The molecular weight excluding hydrogens is 295 g/mol. The number of ether oxygens (including phenoxy) is 1. The second-order valence-corrected chi connectivity index (χ2v) is 4.96. The van der Waals surface area contributed by atoms with Gasteiger partial charge in [-0.1, -0.05) is 23.2 Å². The molecule has 1 amide bonds. The number of aromatic nitrogens is 1. The fourth-order valence-corrected chi connectivity index (χ4v) is 2.28. The first kappa shape index (κ1) is 14.2. The number of carbonyl (C=O) groups is 2. The number of carbonyl (C=O) groups excluding carboxylic acids is 1. The van der Waals surface area contributed by atoms with Gasteiger partial charge in [-0.25, -0.2) is 0 Å². The van der Waals surface area contributed by atoms with Gasteiger partial charge in [0.15, 0.2) is 0 Å². The lowest BCUT2D eigenvalue weighted by atomic mass is 10.1. The van der Waals surface area contributed by atoms with E-state index < -0.39 is 12.0 Å². The van der Waals surface area contributed by atoms with Gasteiger partial charge >= 0.3 is 5.97 Å². The lowest BCUT2D eigenvalue weighted by Crippen LogP contribution is -2.49. The Morgan fingerprint density at radius 1 is 1.53 bits per heavy atom. The molecule has 2 heterocycles. The zero-order chi connectivity index (χ0) is 14.0. The number of carboxylic acids is 1. The van der Waals surface area contributed by atoms with E-state index in [1.165, 1.54) is 11.0 Å². The minimum absolute atomic E-state index is 0.159. The van der Waals surface area contributed by atoms with Crippen molar-refractivity contribution in [2.24, 2.45) is 0 Å². The van der Waals surface area contributed by atoms with E-state index in [4.69, 9.17) is 33.0 Å². The van der Waals surface area contributed by atoms with Crippen molar-refractivity contribution in [3.8, 4) is 0 Å². The first-order valence-corrected chi connectivity index (χ1v) is 6.39. The molecule has 0 aliphatic carbocycles. The monoisotopic (exact) mass is 306 g/mol. The molecule has 1 fully saturated rings. The molecule has 0 aromatic carbocycles. The number of carboxylic acid groups (broad SMARTS) is 1. The molecule has 0 saturated carbocycles. The van der Waals surface area contributed by atoms with Crippen LogP contribution in [0.4, 0.5) is 0 Å². The predicted molar refractivity (Wildman–Crippen MR) is 68.7 cm³/mol. The van der Waals surface area contributed by atoms with Crippen LogP contribution in [0.25, 0.3) is 0 Å². The maximum Gasteiger partial charge on any atom is 0.305 e. The van der Waals surface area contributed by atoms with Gasteiger partial charge in [-0.05, 0) is 6.07 Å². The molecule has 8 heteroatoms. The van der Waals surface area contributed by atoms with Crippen molar-refractivity contribution in [3.05, 3.63) is 21.9 Å². The number of morpholine rings is 1. The van der Waals surface area contributed by atoms with Crippen LogP contribution in [-0.2, 0) is 9.53 Å². The summed E-state index contributed by atoms with van der Waals surface area (Å²) in [6.07, 6.45) is -0.159. The lowest BCUT2D eigenvalue weighted by molar-refractivity contribution is -0.139. The average Bonchev–Trinajstić information content (AvgIpc) is 2.69. The van der Waals surface area contributed by atoms with Gasteiger partial charge in [-0.2, -0.15) is 0 Å². The Hall–Kier alpha value is -1.24. The Balaban J connectivity index is 2.17. The first-order valence-electron chi connectivity index (χ1n) is 5.63. The highest BCUT2D eigenvalue weighted by Gasteiger charge is 2.30. The molecule has 2 rings (SSSR count). The smallest absolute Gasteiger partial charge is 0.305 e. The van der Waals surface area contributed by atoms with Crippen LogP contribution in [0.3, 0.4) is 0 Å². The summed E-state index contributed by atoms with van der Waals surface area (Å²) in [5.74, 6) is -1.31. The second kappa shape index (κ2) is 5.81. The summed E-state index contributed by atoms with van der Waals surface area (Å²) < 4.78 is 5.21. The molecule has 1 aromatic rings. The predicted octanol–water partition coefficient (Wildman–Crippen LogP) is 1.64. The number of H-pyrrole nitrogens is 1. The van der Waals surface area contributed by atoms with Crippen LogP contribution >= 0.6 is 23.2 Å². The summed E-state index contributed by atoms with van der Waals surface area (Å²) in [6, 6.07) is 0.944. The third-order valence-electron chi connectivity index (χ3n) is 2.85. The molecule has 2 N–H and O–H groups in total. The molecule has 19 heavy (non-hydrogen) atoms. The largest absolute Gasteiger partial charge is 0.481 e. The fraction of sp³-hybridized carbons (Fsp3) is 0.455. The summed E-state index contributed by atoms with van der Waals surface area (Å²) in [7, 11) is 0. The van der Waals surface area contributed by atoms with E-state index in [0.717, 1.165) is 0 Å². The third-order valence-corrected chi connectivity index (χ3v) is 3.55. The lowest BCUT2D eigenvalue weighted by Gasteiger charge is -2.34. The minimum Gasteiger partial charge on any atom is -0.481 e. The zero-order valence-electron chi connectivity index (χ0n) is 9.86. The summed E-state index contributed by atoms with van der Waals surface area (Å²) >= 11 is 11.5. The van der Waals surface area contributed by atoms with Crippen molar-refractivity contribution >= 4 is 35.1 Å². The van der Waals surface area contributed by atoms with Gasteiger partial charge in [-0.3, -0.25) is 9.59 Å². The van der Waals surface area contributed by atoms with Crippen LogP contribution in [0.5, 0.6) is 0 Å². The van der Waals surface area contributed by atoms with Crippen LogP contribution in [0.2, 0.25) is 10.2 Å². The van der Waals surface area contributed by atoms with Crippen molar-refractivity contribution in [1.82, 2.24) is 9.88 Å². The summed E-state index contributed by atoms with van der Waals surface area (Å²) in [4.78, 5) is 27.2. The van der Waals surface area contributed by atoms with E-state index in [1.807, 2.05) is 0 Å². The van der Waals surface area contributed by atoms with Gasteiger partial charge in [0, 0.05) is 6.54 Å². The van der Waals surface area contributed by atoms with Crippen molar-refractivity contribution < 1.29 is 19.4 Å². The van der Waals surface area contributed by atoms with Gasteiger partial charge in [0.25, 0.3) is 5.91 Å². The summed E-state index contributed by atoms with van der Waals surface area (Å²) in [5, 5.41) is 9.29. The maximum absolute atomic E-state index is 12.3. The fourth-order valence-electron chi connectivity index (χ4n) is 1.97. The van der Waals surface area contributed by atoms with Gasteiger partial charge in [0.2, 0.25) is 0 Å². The Kier molecular flexibility index (Phi) is 4.34. The van der Waals surface area contributed by atoms with Crippen LogP contribution in [0.15, 0.2) is 6.07 Å². The quantitative estimate of drug-likeness (QED) is 0.889. The number of hydrogen-bond acceptors (Lipinski definition) is 3. The number of nitrogens with one attached hydrogen (secondary N) is 1. The van der Waals surface area contributed by atoms with E-state index in [9.17, 15) is 9.59 Å². The molecule has 6 nitrogen and oxygen atoms in total. The van der Waals surface area contributed by atoms with Crippen LogP contribution in [-0.4, -0.2) is 52.7 Å². The number of aliphatic carboxylic acids is 1. The SMILES string of the molecule is O=C(O)CC1COCCN1C(=O)c1cc(Cl)c(Cl)[nH]1. The normalized spacial score (nSPS) is 19.5. The number of aromatic amines is 1. The van der Waals surface area contributed by atoms with Gasteiger partial charge in [0.1, 0.15) is 10.8 Å². The van der Waals surface area contributed by atoms with E-state index in [-0.39, 0.29) is 34.8 Å². The number of nitrogens with zero attached hydrogens (tertiary/aromatic N) is 1. The molecule has 1 atom stereocenters. The highest BCUT2D eigenvalue weighted by atomic mass is 35.5. The Labute approximate surface area is 119 Å². The third kappa shape index (κ3) is 3.20. The minimum atomic E-state index is -0.976. The highest BCUT2D eigenvalue weighted by Crippen LogP contribution is 2.24. The van der Waals surface area contributed by atoms with Gasteiger partial charge in [0.05, 0.1) is 30.7 Å². The van der Waals surface area contributed by atoms with Crippen LogP contribution in [0, 0.1) is 0 Å². The second-order valence-electron chi connectivity index (χ2n) is 4.17. The molecule has 1 aliphatic heterocycles. The van der Waals surface area contributed by atoms with E-state index in [2.05, 4.69) is 4.98 Å². The number of halogens is 2. The molecule has 1 aromatic heterocycles. The van der Waals surface area contributed by atoms with Crippen molar-refractivity contribution in [2.75, 3.05) is 19.8 Å². The van der Waals surface area contributed by atoms with Gasteiger partial charge < -0.3 is 19.7 Å². The van der Waals surface area contributed by atoms with Crippen LogP contribution < -0.4 is 0 Å². The molecule has 1 unspecified atom stereocenters. The Morgan fingerprint density at radius 2 is 2.26 bits per heavy atom. The first-order chi connectivity index (χ1) is 8.99. The average molecular weight is 307 g/mol. The van der Waals surface area contributed by atoms with Crippen LogP contribution in [0.1, 0.15) is 16.9 Å². The summed E-state index contributed by atoms with van der Waals surface area (Å²) in [5.41, 5.74) is 0.243. The topological polar surface area (TPSA) is 82.6 Å². The van der Waals surface area contributed by atoms with E-state index in [1.54, 1.807) is 0 Å². The molecule has 0 radical (unpaired) electrons.